The zero-order valence-corrected chi connectivity index (χ0v) is 24.1. The number of ether oxygens (including phenoxy) is 2. The smallest absolute Gasteiger partial charge is 0.407 e. The first kappa shape index (κ1) is 30.8. The Morgan fingerprint density at radius 3 is 2.38 bits per heavy atom. The molecule has 7 N–H and O–H groups in total. The van der Waals surface area contributed by atoms with Crippen LogP contribution < -0.4 is 16.0 Å². The minimum absolute atomic E-state index is 0.0147. The van der Waals surface area contributed by atoms with E-state index in [0.717, 1.165) is 0 Å². The van der Waals surface area contributed by atoms with E-state index in [1.807, 2.05) is 0 Å². The Labute approximate surface area is 242 Å². The lowest BCUT2D eigenvalue weighted by molar-refractivity contribution is -0.153. The van der Waals surface area contributed by atoms with Gasteiger partial charge in [0, 0.05) is 50.5 Å². The molecule has 3 aliphatic rings. The zero-order valence-electron chi connectivity index (χ0n) is 24.1. The molecular formula is C28H36N4O10. The van der Waals surface area contributed by atoms with Crippen molar-refractivity contribution in [3.63, 3.8) is 0 Å². The van der Waals surface area contributed by atoms with E-state index >= 15 is 0 Å². The summed E-state index contributed by atoms with van der Waals surface area (Å²) in [5.41, 5.74) is 2.74. The van der Waals surface area contributed by atoms with Crippen LogP contribution >= 0.6 is 0 Å². The summed E-state index contributed by atoms with van der Waals surface area (Å²) >= 11 is 0. The molecule has 0 radical (unpaired) electrons. The Bertz CT molecular complexity index is 1420. The Morgan fingerprint density at radius 1 is 1.14 bits per heavy atom. The molecule has 4 atom stereocenters. The van der Waals surface area contributed by atoms with Crippen molar-refractivity contribution in [1.82, 2.24) is 10.2 Å². The van der Waals surface area contributed by atoms with Gasteiger partial charge in [0.2, 0.25) is 5.78 Å². The monoisotopic (exact) mass is 588 g/mol. The number of benzene rings is 1. The first-order chi connectivity index (χ1) is 19.7. The fourth-order valence-corrected chi connectivity index (χ4v) is 6.32. The van der Waals surface area contributed by atoms with Crippen molar-refractivity contribution >= 4 is 35.0 Å². The van der Waals surface area contributed by atoms with Gasteiger partial charge >= 0.3 is 6.09 Å². The van der Waals surface area contributed by atoms with Crippen molar-refractivity contribution in [2.45, 2.75) is 31.0 Å². The van der Waals surface area contributed by atoms with E-state index in [0.29, 0.717) is 11.3 Å². The average molecular weight is 589 g/mol. The Kier molecular flexibility index (Phi) is 8.27. The van der Waals surface area contributed by atoms with Crippen LogP contribution in [0.15, 0.2) is 23.0 Å². The Balaban J connectivity index is 1.85. The summed E-state index contributed by atoms with van der Waals surface area (Å²) in [6.45, 7) is 0.0257. The molecule has 0 saturated heterocycles. The van der Waals surface area contributed by atoms with E-state index in [-0.39, 0.29) is 49.3 Å². The topological polar surface area (TPSA) is 212 Å². The van der Waals surface area contributed by atoms with E-state index in [1.165, 1.54) is 12.0 Å². The standard InChI is InChI=1S/C28H36N4O10/c1-31(2)16-10-13(11-30-27(39)42-7-6-41-5)21(33)18-14(16)8-12-9-15-20(32(3)4)23(35)19(26(29)38)25(37)28(15,40)24(36)17(12)22(18)34/h10,12,15,20,33-34,37,40H,6-9,11H2,1-5H3,(H2,29,38)(H,30,39)/t12-,15-,20-,28-/m1/s1. The van der Waals surface area contributed by atoms with Gasteiger partial charge in [0.25, 0.3) is 5.91 Å². The summed E-state index contributed by atoms with van der Waals surface area (Å²) in [6, 6.07) is 0.477. The lowest BCUT2D eigenvalue weighted by atomic mass is 9.57. The van der Waals surface area contributed by atoms with Crippen LogP contribution in [0, 0.1) is 11.8 Å². The largest absolute Gasteiger partial charge is 0.508 e. The van der Waals surface area contributed by atoms with Crippen molar-refractivity contribution < 1.29 is 49.1 Å². The SMILES string of the molecule is COCCOC(=O)NCc1cc(N(C)C)c2c(c1O)C(O)=C1C(=O)[C@@]3(O)C(O)=C(C(N)=O)C(=O)[C@H](N(C)C)[C@H]3C[C@H]1C2. The Morgan fingerprint density at radius 2 is 1.81 bits per heavy atom. The number of aliphatic hydroxyl groups is 3. The van der Waals surface area contributed by atoms with Gasteiger partial charge in [-0.15, -0.1) is 0 Å². The fourth-order valence-electron chi connectivity index (χ4n) is 6.32. The maximum Gasteiger partial charge on any atom is 0.407 e. The number of carbonyl (C=O) groups excluding carboxylic acids is 4. The molecule has 0 aromatic heterocycles. The van der Waals surface area contributed by atoms with E-state index in [4.69, 9.17) is 15.2 Å². The van der Waals surface area contributed by atoms with Gasteiger partial charge in [0.1, 0.15) is 29.4 Å². The maximum absolute atomic E-state index is 14.0. The number of hydrogen-bond donors (Lipinski definition) is 6. The molecule has 4 rings (SSSR count). The first-order valence-electron chi connectivity index (χ1n) is 13.3. The number of carbonyl (C=O) groups is 4. The number of anilines is 1. The lowest BCUT2D eigenvalue weighted by Gasteiger charge is -2.50. The molecule has 1 fully saturated rings. The number of phenols is 1. The van der Waals surface area contributed by atoms with Crippen LogP contribution in [0.3, 0.4) is 0 Å². The number of Topliss-reactive ketones (excluding diaryl/α,β-unsaturated/α-hetero) is 2. The third kappa shape index (κ3) is 4.74. The molecule has 14 nitrogen and oxygen atoms in total. The highest BCUT2D eigenvalue weighted by atomic mass is 16.6. The molecule has 228 valence electrons. The molecule has 14 heteroatoms. The van der Waals surface area contributed by atoms with Gasteiger partial charge in [-0.3, -0.25) is 19.3 Å². The van der Waals surface area contributed by atoms with Crippen molar-refractivity contribution in [2.75, 3.05) is 53.4 Å². The molecule has 0 bridgehead atoms. The number of ketones is 2. The third-order valence-corrected chi connectivity index (χ3v) is 8.20. The number of nitrogens with two attached hydrogens (primary N) is 1. The highest BCUT2D eigenvalue weighted by molar-refractivity contribution is 6.24. The fraction of sp³-hybridized carbons (Fsp3) is 0.500. The number of nitrogens with zero attached hydrogens (tertiary/aromatic N) is 2. The molecule has 0 aliphatic heterocycles. The summed E-state index contributed by atoms with van der Waals surface area (Å²) in [4.78, 5) is 54.7. The molecule has 42 heavy (non-hydrogen) atoms. The highest BCUT2D eigenvalue weighted by Crippen LogP contribution is 2.54. The van der Waals surface area contributed by atoms with E-state index < -0.39 is 69.9 Å². The third-order valence-electron chi connectivity index (χ3n) is 8.20. The van der Waals surface area contributed by atoms with Crippen LogP contribution in [0.2, 0.25) is 0 Å². The minimum atomic E-state index is -2.73. The number of primary amides is 1. The van der Waals surface area contributed by atoms with Crippen molar-refractivity contribution in [3.05, 3.63) is 39.7 Å². The lowest BCUT2D eigenvalue weighted by Crippen LogP contribution is -2.65. The molecular weight excluding hydrogens is 552 g/mol. The Hall–Kier alpha value is -4.14. The summed E-state index contributed by atoms with van der Waals surface area (Å²) in [6.07, 6.45) is -0.637. The molecule has 3 aliphatic carbocycles. The van der Waals surface area contributed by atoms with Gasteiger partial charge in [-0.2, -0.15) is 0 Å². The second-order valence-electron chi connectivity index (χ2n) is 11.1. The van der Waals surface area contributed by atoms with Crippen LogP contribution in [0.5, 0.6) is 5.75 Å². The molecule has 0 spiro atoms. The molecule has 0 unspecified atom stereocenters. The predicted molar refractivity (Wildman–Crippen MR) is 149 cm³/mol. The normalized spacial score (nSPS) is 25.2. The van der Waals surface area contributed by atoms with Crippen molar-refractivity contribution in [1.29, 1.82) is 0 Å². The second-order valence-corrected chi connectivity index (χ2v) is 11.1. The summed E-state index contributed by atoms with van der Waals surface area (Å²) < 4.78 is 9.82. The summed E-state index contributed by atoms with van der Waals surface area (Å²) in [5, 5.41) is 48.0. The van der Waals surface area contributed by atoms with Crippen LogP contribution in [0.4, 0.5) is 10.5 Å². The van der Waals surface area contributed by atoms with Crippen LogP contribution in [0.25, 0.3) is 5.76 Å². The summed E-state index contributed by atoms with van der Waals surface area (Å²) in [7, 11) is 8.04. The van der Waals surface area contributed by atoms with Gasteiger partial charge in [0.15, 0.2) is 11.4 Å². The number of aromatic hydroxyl groups is 1. The van der Waals surface area contributed by atoms with E-state index in [1.54, 1.807) is 39.2 Å². The van der Waals surface area contributed by atoms with Crippen molar-refractivity contribution in [3.8, 4) is 5.75 Å². The minimum Gasteiger partial charge on any atom is -0.508 e. The highest BCUT2D eigenvalue weighted by Gasteiger charge is 2.64. The number of methoxy groups -OCH3 is 1. The summed E-state index contributed by atoms with van der Waals surface area (Å²) in [5.74, 6) is -7.25. The quantitative estimate of drug-likeness (QED) is 0.174. The van der Waals surface area contributed by atoms with Crippen molar-refractivity contribution in [2.24, 2.45) is 17.6 Å². The molecule has 1 aromatic rings. The molecule has 2 amide bonds. The molecule has 1 saturated carbocycles. The average Bonchev–Trinajstić information content (AvgIpc) is 2.89. The van der Waals surface area contributed by atoms with Crippen LogP contribution in [0.1, 0.15) is 23.1 Å². The predicted octanol–water partition coefficient (Wildman–Crippen LogP) is -0.0974. The number of alkyl carbamates (subject to hydrolysis) is 1. The number of phenolic OH excluding ortho intramolecular Hbond substituents is 1. The van der Waals surface area contributed by atoms with E-state index in [2.05, 4.69) is 5.32 Å². The number of rotatable bonds is 8. The second kappa shape index (κ2) is 11.3. The van der Waals surface area contributed by atoms with Crippen LogP contribution in [-0.4, -0.2) is 109 Å². The number of hydrogen-bond acceptors (Lipinski definition) is 12. The van der Waals surface area contributed by atoms with Gasteiger partial charge < -0.3 is 45.9 Å². The number of likely N-dealkylation sites (N-methyl/N-ethyl adjacent to an activating group) is 1. The molecule has 1 aromatic carbocycles. The first-order valence-corrected chi connectivity index (χ1v) is 13.3. The van der Waals surface area contributed by atoms with Crippen LogP contribution in [-0.2, 0) is 36.8 Å². The van der Waals surface area contributed by atoms with Gasteiger partial charge in [-0.05, 0) is 44.5 Å². The van der Waals surface area contributed by atoms with Gasteiger partial charge in [-0.1, -0.05) is 0 Å². The van der Waals surface area contributed by atoms with Gasteiger partial charge in [-0.25, -0.2) is 4.79 Å². The number of nitrogens with one attached hydrogen (secondary N) is 1. The maximum atomic E-state index is 14.0. The number of fused-ring (bicyclic) bond motifs is 3. The molecule has 0 heterocycles. The number of amides is 2. The van der Waals surface area contributed by atoms with Gasteiger partial charge in [0.05, 0.1) is 18.2 Å². The zero-order chi connectivity index (χ0) is 31.3. The number of aliphatic hydroxyl groups excluding tert-OH is 2. The van der Waals surface area contributed by atoms with E-state index in [9.17, 15) is 39.6 Å².